The van der Waals surface area contributed by atoms with Crippen molar-refractivity contribution in [3.05, 3.63) is 47.3 Å². The molecular weight excluding hydrogens is 483 g/mol. The minimum atomic E-state index is -4.65. The highest BCUT2D eigenvalue weighted by molar-refractivity contribution is 5.96. The predicted octanol–water partition coefficient (Wildman–Crippen LogP) is 5.07. The van der Waals surface area contributed by atoms with Crippen molar-refractivity contribution in [1.29, 1.82) is 10.8 Å². The maximum absolute atomic E-state index is 13.8. The summed E-state index contributed by atoms with van der Waals surface area (Å²) >= 11 is 0. The van der Waals surface area contributed by atoms with Crippen LogP contribution in [0.5, 0.6) is 0 Å². The third kappa shape index (κ3) is 5.52. The SMILES string of the molecule is CC(O)CNC(C)c1nc(C(F)(F)F)cc2c(-c3cccc(C(C(=N)N(C)C=N)C4CCC4)c3)n[nH]c12. The number of likely N-dealkylation sites (N-methyl/N-ethyl adjacent to an activating group) is 1. The Balaban J connectivity index is 1.81. The van der Waals surface area contributed by atoms with E-state index in [1.54, 1.807) is 27.0 Å². The first-order chi connectivity index (χ1) is 17.5. The molecular formula is C26H32F3N7O. The Bertz CT molecular complexity index is 1280. The zero-order valence-electron chi connectivity index (χ0n) is 21.0. The summed E-state index contributed by atoms with van der Waals surface area (Å²) in [5.41, 5.74) is 1.42. The Kier molecular flexibility index (Phi) is 7.65. The summed E-state index contributed by atoms with van der Waals surface area (Å²) in [6.45, 7) is 3.48. The summed E-state index contributed by atoms with van der Waals surface area (Å²) in [5, 5.41) is 36.4. The van der Waals surface area contributed by atoms with Crippen LogP contribution < -0.4 is 5.32 Å². The zero-order chi connectivity index (χ0) is 26.9. The Labute approximate surface area is 213 Å². The zero-order valence-corrected chi connectivity index (χ0v) is 21.0. The van der Waals surface area contributed by atoms with E-state index in [2.05, 4.69) is 20.5 Å². The molecule has 4 rings (SSSR count). The number of amidine groups is 1. The molecule has 5 N–H and O–H groups in total. The molecule has 0 saturated heterocycles. The minimum Gasteiger partial charge on any atom is -0.392 e. The third-order valence-corrected chi connectivity index (χ3v) is 7.01. The van der Waals surface area contributed by atoms with E-state index in [-0.39, 0.29) is 24.1 Å². The molecule has 3 atom stereocenters. The lowest BCUT2D eigenvalue weighted by molar-refractivity contribution is -0.141. The molecule has 1 aromatic carbocycles. The molecule has 0 amide bonds. The molecule has 198 valence electrons. The molecule has 11 heteroatoms. The number of hydrogen-bond acceptors (Lipinski definition) is 6. The van der Waals surface area contributed by atoms with Gasteiger partial charge in [0.05, 0.1) is 23.7 Å². The van der Waals surface area contributed by atoms with Gasteiger partial charge >= 0.3 is 6.18 Å². The number of hydrogen-bond donors (Lipinski definition) is 5. The second kappa shape index (κ2) is 10.6. The number of halogens is 3. The summed E-state index contributed by atoms with van der Waals surface area (Å²) in [7, 11) is 1.67. The van der Waals surface area contributed by atoms with Crippen LogP contribution in [-0.4, -0.2) is 57.1 Å². The highest BCUT2D eigenvalue weighted by Crippen LogP contribution is 2.42. The Morgan fingerprint density at radius 3 is 2.62 bits per heavy atom. The molecule has 0 radical (unpaired) electrons. The van der Waals surface area contributed by atoms with Gasteiger partial charge in [-0.3, -0.25) is 15.9 Å². The van der Waals surface area contributed by atoms with Gasteiger partial charge in [-0.15, -0.1) is 0 Å². The normalized spacial score (nSPS) is 16.7. The number of H-pyrrole nitrogens is 1. The molecule has 2 heterocycles. The molecule has 0 bridgehead atoms. The number of aromatic nitrogens is 3. The highest BCUT2D eigenvalue weighted by atomic mass is 19.4. The van der Waals surface area contributed by atoms with Crippen molar-refractivity contribution in [2.24, 2.45) is 5.92 Å². The molecule has 1 aliphatic rings. The monoisotopic (exact) mass is 515 g/mol. The number of fused-ring (bicyclic) bond motifs is 1. The number of aliphatic hydroxyl groups is 1. The predicted molar refractivity (Wildman–Crippen MR) is 137 cm³/mol. The first kappa shape index (κ1) is 26.7. The highest BCUT2D eigenvalue weighted by Gasteiger charge is 2.36. The molecule has 1 fully saturated rings. The number of rotatable bonds is 9. The lowest BCUT2D eigenvalue weighted by atomic mass is 9.72. The molecule has 3 aromatic rings. The number of benzene rings is 1. The molecule has 8 nitrogen and oxygen atoms in total. The van der Waals surface area contributed by atoms with Gasteiger partial charge in [-0.25, -0.2) is 4.98 Å². The van der Waals surface area contributed by atoms with Crippen molar-refractivity contribution >= 4 is 23.1 Å². The Morgan fingerprint density at radius 1 is 1.30 bits per heavy atom. The van der Waals surface area contributed by atoms with Crippen molar-refractivity contribution < 1.29 is 18.3 Å². The molecule has 37 heavy (non-hydrogen) atoms. The van der Waals surface area contributed by atoms with E-state index in [4.69, 9.17) is 10.8 Å². The number of nitrogens with one attached hydrogen (secondary N) is 4. The van der Waals surface area contributed by atoms with Gasteiger partial charge in [-0.2, -0.15) is 18.3 Å². The van der Waals surface area contributed by atoms with Crippen LogP contribution in [0.4, 0.5) is 13.2 Å². The lowest BCUT2D eigenvalue weighted by Gasteiger charge is -2.36. The van der Waals surface area contributed by atoms with E-state index < -0.39 is 24.0 Å². The van der Waals surface area contributed by atoms with Crippen LogP contribution in [0.25, 0.3) is 22.2 Å². The quantitative estimate of drug-likeness (QED) is 0.201. The number of aliphatic hydroxyl groups excluding tert-OH is 1. The van der Waals surface area contributed by atoms with E-state index in [1.807, 2.05) is 18.2 Å². The van der Waals surface area contributed by atoms with Crippen LogP contribution in [-0.2, 0) is 6.18 Å². The maximum atomic E-state index is 13.8. The van der Waals surface area contributed by atoms with E-state index in [1.165, 1.54) is 4.90 Å². The number of aromatic amines is 1. The largest absolute Gasteiger partial charge is 0.433 e. The van der Waals surface area contributed by atoms with Crippen LogP contribution in [0.3, 0.4) is 0 Å². The van der Waals surface area contributed by atoms with Gasteiger partial charge in [0.15, 0.2) is 0 Å². The average Bonchev–Trinajstić information content (AvgIpc) is 3.26. The fraction of sp³-hybridized carbons (Fsp3) is 0.462. The molecule has 0 aliphatic heterocycles. The molecule has 3 unspecified atom stereocenters. The van der Waals surface area contributed by atoms with Gasteiger partial charge < -0.3 is 15.3 Å². The maximum Gasteiger partial charge on any atom is 0.433 e. The first-order valence-electron chi connectivity index (χ1n) is 12.3. The lowest BCUT2D eigenvalue weighted by Crippen LogP contribution is -2.36. The minimum absolute atomic E-state index is 0.169. The van der Waals surface area contributed by atoms with Gasteiger partial charge in [0, 0.05) is 36.5 Å². The molecule has 1 aliphatic carbocycles. The van der Waals surface area contributed by atoms with Gasteiger partial charge in [0.25, 0.3) is 0 Å². The van der Waals surface area contributed by atoms with Crippen molar-refractivity contribution in [3.8, 4) is 11.3 Å². The molecule has 0 spiro atoms. The van der Waals surface area contributed by atoms with Crippen molar-refractivity contribution in [1.82, 2.24) is 25.4 Å². The van der Waals surface area contributed by atoms with Crippen LogP contribution in [0, 0.1) is 16.7 Å². The second-order valence-corrected chi connectivity index (χ2v) is 9.78. The number of alkyl halides is 3. The fourth-order valence-electron chi connectivity index (χ4n) is 4.76. The van der Waals surface area contributed by atoms with Crippen molar-refractivity contribution in [3.63, 3.8) is 0 Å². The smallest absolute Gasteiger partial charge is 0.392 e. The molecule has 1 saturated carbocycles. The van der Waals surface area contributed by atoms with Crippen molar-refractivity contribution in [2.75, 3.05) is 13.6 Å². The van der Waals surface area contributed by atoms with E-state index in [0.29, 0.717) is 28.0 Å². The van der Waals surface area contributed by atoms with Crippen LogP contribution >= 0.6 is 0 Å². The van der Waals surface area contributed by atoms with Gasteiger partial charge in [-0.05, 0) is 50.3 Å². The molecule has 2 aromatic heterocycles. The standard InChI is InChI=1S/C26H32F3N7O/c1-14(37)12-32-15(2)22-24-19(11-20(33-22)26(27,28)29)23(34-35-24)18-9-5-8-17(10-18)21(16-6-4-7-16)25(31)36(3)13-30/h5,8-11,13-16,21,30-32,37H,4,6-7,12H2,1-3H3,(H,34,35). The van der Waals surface area contributed by atoms with Gasteiger partial charge in [0.2, 0.25) is 0 Å². The summed E-state index contributed by atoms with van der Waals surface area (Å²) in [6, 6.07) is 7.87. The summed E-state index contributed by atoms with van der Waals surface area (Å²) in [4.78, 5) is 5.38. The average molecular weight is 516 g/mol. The number of nitrogens with zero attached hydrogens (tertiary/aromatic N) is 3. The van der Waals surface area contributed by atoms with Crippen molar-refractivity contribution in [2.45, 2.75) is 57.3 Å². The van der Waals surface area contributed by atoms with E-state index >= 15 is 0 Å². The summed E-state index contributed by atoms with van der Waals surface area (Å²) in [5.74, 6) is 0.361. The van der Waals surface area contributed by atoms with Gasteiger partial charge in [-0.1, -0.05) is 24.6 Å². The Morgan fingerprint density at radius 2 is 2.03 bits per heavy atom. The van der Waals surface area contributed by atoms with Crippen LogP contribution in [0.15, 0.2) is 30.3 Å². The topological polar surface area (TPSA) is 125 Å². The van der Waals surface area contributed by atoms with E-state index in [0.717, 1.165) is 37.2 Å². The number of pyridine rings is 1. The summed E-state index contributed by atoms with van der Waals surface area (Å²) < 4.78 is 41.4. The Hall–Kier alpha value is -3.31. The van der Waals surface area contributed by atoms with E-state index in [9.17, 15) is 18.3 Å². The van der Waals surface area contributed by atoms with Gasteiger partial charge in [0.1, 0.15) is 17.2 Å². The first-order valence-corrected chi connectivity index (χ1v) is 12.3. The van der Waals surface area contributed by atoms with Crippen LogP contribution in [0.1, 0.15) is 62.0 Å². The summed E-state index contributed by atoms with van der Waals surface area (Å²) in [6.07, 6.45) is -1.16. The fourth-order valence-corrected chi connectivity index (χ4v) is 4.76. The third-order valence-electron chi connectivity index (χ3n) is 7.01. The van der Waals surface area contributed by atoms with Crippen LogP contribution in [0.2, 0.25) is 0 Å². The second-order valence-electron chi connectivity index (χ2n) is 9.78.